The van der Waals surface area contributed by atoms with E-state index in [4.69, 9.17) is 4.74 Å². The summed E-state index contributed by atoms with van der Waals surface area (Å²) in [5.74, 6) is 2.59. The van der Waals surface area contributed by atoms with Gasteiger partial charge in [0, 0.05) is 24.8 Å². The highest BCUT2D eigenvalue weighted by Crippen LogP contribution is 2.24. The molecule has 0 aliphatic carbocycles. The summed E-state index contributed by atoms with van der Waals surface area (Å²) in [4.78, 5) is 10.4. The second-order valence-electron chi connectivity index (χ2n) is 6.01. The molecule has 1 saturated heterocycles. The van der Waals surface area contributed by atoms with Gasteiger partial charge in [0.25, 0.3) is 0 Å². The molecule has 1 aliphatic rings. The van der Waals surface area contributed by atoms with E-state index in [1.165, 1.54) is 6.33 Å². The minimum atomic E-state index is -2.93. The van der Waals surface area contributed by atoms with E-state index < -0.39 is 9.84 Å². The van der Waals surface area contributed by atoms with Gasteiger partial charge in [0.15, 0.2) is 9.84 Å². The van der Waals surface area contributed by atoms with Crippen LogP contribution in [0, 0.1) is 0 Å². The highest BCUT2D eigenvalue weighted by Gasteiger charge is 2.31. The van der Waals surface area contributed by atoms with Gasteiger partial charge in [0.1, 0.15) is 23.7 Å². The molecular formula is C17H22N4O3S. The zero-order valence-electron chi connectivity index (χ0n) is 14.3. The predicted molar refractivity (Wildman–Crippen MR) is 98.4 cm³/mol. The summed E-state index contributed by atoms with van der Waals surface area (Å²) in [5.41, 5.74) is 0.888. The normalized spacial score (nSPS) is 18.7. The van der Waals surface area contributed by atoms with Gasteiger partial charge in [-0.15, -0.1) is 0 Å². The van der Waals surface area contributed by atoms with Gasteiger partial charge in [-0.3, -0.25) is 0 Å². The van der Waals surface area contributed by atoms with E-state index >= 15 is 0 Å². The second-order valence-corrected chi connectivity index (χ2v) is 8.24. The average molecular weight is 362 g/mol. The molecule has 1 N–H and O–H groups in total. The molecule has 0 amide bonds. The molecule has 1 fully saturated rings. The van der Waals surface area contributed by atoms with Crippen molar-refractivity contribution in [3.05, 3.63) is 36.7 Å². The number of sulfone groups is 1. The summed E-state index contributed by atoms with van der Waals surface area (Å²) in [6.45, 7) is 2.58. The molecule has 1 aliphatic heterocycles. The molecule has 1 aromatic heterocycles. The van der Waals surface area contributed by atoms with Crippen molar-refractivity contribution in [3.63, 3.8) is 0 Å². The van der Waals surface area contributed by atoms with Crippen molar-refractivity contribution in [2.45, 2.75) is 19.4 Å². The summed E-state index contributed by atoms with van der Waals surface area (Å²) in [7, 11) is -1.06. The third-order valence-electron chi connectivity index (χ3n) is 4.21. The van der Waals surface area contributed by atoms with Crippen LogP contribution in [0.25, 0.3) is 0 Å². The van der Waals surface area contributed by atoms with Crippen LogP contribution in [0.4, 0.5) is 17.3 Å². The molecule has 7 nitrogen and oxygen atoms in total. The SMILES string of the molecule is CCOc1ccc(Nc2cc(N(C)C3CCS(=O)(=O)C3)ncn2)cc1. The van der Waals surface area contributed by atoms with Gasteiger partial charge in [-0.05, 0) is 37.6 Å². The highest BCUT2D eigenvalue weighted by molar-refractivity contribution is 7.91. The molecule has 2 heterocycles. The minimum Gasteiger partial charge on any atom is -0.494 e. The van der Waals surface area contributed by atoms with Crippen molar-refractivity contribution in [2.75, 3.05) is 35.4 Å². The predicted octanol–water partition coefficient (Wildman–Crippen LogP) is 2.24. The zero-order chi connectivity index (χ0) is 17.9. The number of hydrogen-bond acceptors (Lipinski definition) is 7. The van der Waals surface area contributed by atoms with Crippen LogP contribution in [-0.4, -0.2) is 49.6 Å². The van der Waals surface area contributed by atoms with Gasteiger partial charge in [-0.2, -0.15) is 0 Å². The Bertz CT molecular complexity index is 824. The molecule has 25 heavy (non-hydrogen) atoms. The number of benzene rings is 1. The Balaban J connectivity index is 1.71. The van der Waals surface area contributed by atoms with E-state index in [2.05, 4.69) is 15.3 Å². The number of rotatable bonds is 6. The number of nitrogens with zero attached hydrogens (tertiary/aromatic N) is 3. The van der Waals surface area contributed by atoms with Crippen molar-refractivity contribution in [2.24, 2.45) is 0 Å². The van der Waals surface area contributed by atoms with Crippen LogP contribution < -0.4 is 15.0 Å². The van der Waals surface area contributed by atoms with Gasteiger partial charge in [-0.1, -0.05) is 0 Å². The fraction of sp³-hybridized carbons (Fsp3) is 0.412. The van der Waals surface area contributed by atoms with Crippen molar-refractivity contribution >= 4 is 27.2 Å². The minimum absolute atomic E-state index is 0.0433. The fourth-order valence-electron chi connectivity index (χ4n) is 2.83. The Kier molecular flexibility index (Phi) is 5.08. The van der Waals surface area contributed by atoms with Gasteiger partial charge >= 0.3 is 0 Å². The Labute approximate surface area is 148 Å². The molecule has 3 rings (SSSR count). The summed E-state index contributed by atoms with van der Waals surface area (Å²) in [6, 6.07) is 9.40. The van der Waals surface area contributed by atoms with Crippen LogP contribution in [0.2, 0.25) is 0 Å². The summed E-state index contributed by atoms with van der Waals surface area (Å²) in [6.07, 6.45) is 2.11. The second kappa shape index (κ2) is 7.26. The highest BCUT2D eigenvalue weighted by atomic mass is 32.2. The van der Waals surface area contributed by atoms with Gasteiger partial charge < -0.3 is 15.0 Å². The molecule has 1 aromatic carbocycles. The Hall–Kier alpha value is -2.35. The lowest BCUT2D eigenvalue weighted by atomic mass is 10.2. The van der Waals surface area contributed by atoms with Crippen molar-refractivity contribution in [1.29, 1.82) is 0 Å². The standard InChI is InChI=1S/C17H22N4O3S/c1-3-24-15-6-4-13(5-7-15)20-16-10-17(19-12-18-16)21(2)14-8-9-25(22,23)11-14/h4-7,10,12,14H,3,8-9,11H2,1-2H3,(H,18,19,20). The van der Waals surface area contributed by atoms with E-state index in [1.807, 2.05) is 49.2 Å². The molecule has 1 unspecified atom stereocenters. The topological polar surface area (TPSA) is 84.4 Å². The van der Waals surface area contributed by atoms with Crippen molar-refractivity contribution < 1.29 is 13.2 Å². The van der Waals surface area contributed by atoms with Crippen LogP contribution in [-0.2, 0) is 9.84 Å². The molecule has 1 atom stereocenters. The maximum absolute atomic E-state index is 11.7. The largest absolute Gasteiger partial charge is 0.494 e. The molecule has 2 aromatic rings. The van der Waals surface area contributed by atoms with Crippen LogP contribution >= 0.6 is 0 Å². The van der Waals surface area contributed by atoms with Crippen LogP contribution in [0.5, 0.6) is 5.75 Å². The number of nitrogens with one attached hydrogen (secondary N) is 1. The van der Waals surface area contributed by atoms with Crippen LogP contribution in [0.3, 0.4) is 0 Å². The number of anilines is 3. The summed E-state index contributed by atoms with van der Waals surface area (Å²) in [5, 5.41) is 3.22. The van der Waals surface area contributed by atoms with Crippen molar-refractivity contribution in [3.8, 4) is 5.75 Å². The first-order valence-corrected chi connectivity index (χ1v) is 10.0. The maximum atomic E-state index is 11.7. The van der Waals surface area contributed by atoms with E-state index in [0.29, 0.717) is 24.7 Å². The molecular weight excluding hydrogens is 340 g/mol. The van der Waals surface area contributed by atoms with E-state index in [1.54, 1.807) is 0 Å². The summed E-state index contributed by atoms with van der Waals surface area (Å²) < 4.78 is 28.8. The first kappa shape index (κ1) is 17.5. The lowest BCUT2D eigenvalue weighted by Crippen LogP contribution is -2.33. The Morgan fingerprint density at radius 2 is 2.04 bits per heavy atom. The van der Waals surface area contributed by atoms with Crippen LogP contribution in [0.15, 0.2) is 36.7 Å². The first-order chi connectivity index (χ1) is 12.0. The molecule has 8 heteroatoms. The molecule has 0 spiro atoms. The van der Waals surface area contributed by atoms with Gasteiger partial charge in [0.05, 0.1) is 18.1 Å². The smallest absolute Gasteiger partial charge is 0.152 e. The van der Waals surface area contributed by atoms with E-state index in [9.17, 15) is 8.42 Å². The summed E-state index contributed by atoms with van der Waals surface area (Å²) >= 11 is 0. The molecule has 0 radical (unpaired) electrons. The van der Waals surface area contributed by atoms with Crippen LogP contribution in [0.1, 0.15) is 13.3 Å². The number of hydrogen-bond donors (Lipinski definition) is 1. The van der Waals surface area contributed by atoms with Gasteiger partial charge in [-0.25, -0.2) is 18.4 Å². The monoisotopic (exact) mass is 362 g/mol. The van der Waals surface area contributed by atoms with Gasteiger partial charge in [0.2, 0.25) is 0 Å². The fourth-order valence-corrected chi connectivity index (χ4v) is 4.60. The first-order valence-electron chi connectivity index (χ1n) is 8.22. The lowest BCUT2D eigenvalue weighted by molar-refractivity contribution is 0.340. The Morgan fingerprint density at radius 1 is 1.28 bits per heavy atom. The number of ether oxygens (including phenoxy) is 1. The van der Waals surface area contributed by atoms with E-state index in [0.717, 1.165) is 11.4 Å². The molecule has 134 valence electrons. The molecule has 0 saturated carbocycles. The average Bonchev–Trinajstić information content (AvgIpc) is 2.96. The van der Waals surface area contributed by atoms with E-state index in [-0.39, 0.29) is 17.5 Å². The third kappa shape index (κ3) is 4.39. The zero-order valence-corrected chi connectivity index (χ0v) is 15.2. The lowest BCUT2D eigenvalue weighted by Gasteiger charge is -2.24. The number of aromatic nitrogens is 2. The van der Waals surface area contributed by atoms with Crippen molar-refractivity contribution in [1.82, 2.24) is 9.97 Å². The maximum Gasteiger partial charge on any atom is 0.152 e. The molecule has 0 bridgehead atoms. The third-order valence-corrected chi connectivity index (χ3v) is 5.96. The quantitative estimate of drug-likeness (QED) is 0.843. The Morgan fingerprint density at radius 3 is 2.68 bits per heavy atom.